The van der Waals surface area contributed by atoms with Crippen LogP contribution in [-0.4, -0.2) is 79.7 Å². The number of fused-ring (bicyclic) bond motifs is 1. The van der Waals surface area contributed by atoms with Gasteiger partial charge >= 0.3 is 0 Å². The molecule has 5 rings (SSSR count). The van der Waals surface area contributed by atoms with Crippen LogP contribution in [0.5, 0.6) is 5.88 Å². The number of carbonyl (C=O) groups is 2. The average Bonchev–Trinajstić information content (AvgIpc) is 2.95. The van der Waals surface area contributed by atoms with E-state index in [1.807, 2.05) is 19.1 Å². The third-order valence-corrected chi connectivity index (χ3v) is 6.79. The predicted octanol–water partition coefficient (Wildman–Crippen LogP) is 2.17. The van der Waals surface area contributed by atoms with Gasteiger partial charge in [-0.05, 0) is 37.3 Å². The average molecular weight is 534 g/mol. The summed E-state index contributed by atoms with van der Waals surface area (Å²) in [4.78, 5) is 48.9. The van der Waals surface area contributed by atoms with Gasteiger partial charge in [-0.25, -0.2) is 4.98 Å². The Morgan fingerprint density at radius 3 is 2.62 bits per heavy atom. The first-order valence-electron chi connectivity index (χ1n) is 12.7. The first kappa shape index (κ1) is 26.0. The lowest BCUT2D eigenvalue weighted by Gasteiger charge is -2.36. The fraction of sp³-hybridized carbons (Fsp3) is 0.333. The van der Waals surface area contributed by atoms with E-state index in [4.69, 9.17) is 9.47 Å². The molecule has 2 aromatic heterocycles. The summed E-state index contributed by atoms with van der Waals surface area (Å²) in [6.45, 7) is 5.86. The molecule has 2 aliphatic heterocycles. The van der Waals surface area contributed by atoms with Gasteiger partial charge in [-0.1, -0.05) is 0 Å². The van der Waals surface area contributed by atoms with Gasteiger partial charge in [-0.15, -0.1) is 0 Å². The molecule has 0 spiro atoms. The molecule has 12 nitrogen and oxygen atoms in total. The summed E-state index contributed by atoms with van der Waals surface area (Å²) < 4.78 is 10.5. The number of benzene rings is 1. The molecule has 2 aliphatic rings. The van der Waals surface area contributed by atoms with Gasteiger partial charge in [0, 0.05) is 63.0 Å². The molecular weight excluding hydrogens is 502 g/mol. The third-order valence-electron chi connectivity index (χ3n) is 6.79. The van der Waals surface area contributed by atoms with Crippen LogP contribution >= 0.6 is 0 Å². The molecule has 0 saturated carbocycles. The van der Waals surface area contributed by atoms with E-state index in [1.165, 1.54) is 13.3 Å². The minimum absolute atomic E-state index is 0.0105. The highest BCUT2D eigenvalue weighted by atomic mass is 16.5. The highest BCUT2D eigenvalue weighted by molar-refractivity contribution is 6.08. The van der Waals surface area contributed by atoms with E-state index in [0.29, 0.717) is 62.3 Å². The fourth-order valence-electron chi connectivity index (χ4n) is 4.68. The summed E-state index contributed by atoms with van der Waals surface area (Å²) in [5, 5.41) is 9.29. The maximum atomic E-state index is 13.2. The molecule has 0 aliphatic carbocycles. The maximum absolute atomic E-state index is 13.2. The predicted molar refractivity (Wildman–Crippen MR) is 148 cm³/mol. The summed E-state index contributed by atoms with van der Waals surface area (Å²) in [5.74, 6) is -0.0239. The molecule has 39 heavy (non-hydrogen) atoms. The lowest BCUT2D eigenvalue weighted by molar-refractivity contribution is -0.135. The number of hydrogen-bond acceptors (Lipinski definition) is 9. The summed E-state index contributed by atoms with van der Waals surface area (Å²) in [7, 11) is 1.51. The number of hydrogen-bond donors (Lipinski definition) is 4. The molecule has 0 unspecified atom stereocenters. The number of carbonyl (C=O) groups excluding carboxylic acids is 2. The number of nitrogens with one attached hydrogen (secondary N) is 4. The van der Waals surface area contributed by atoms with Gasteiger partial charge < -0.3 is 40.2 Å². The Morgan fingerprint density at radius 2 is 1.87 bits per heavy atom. The molecular formula is C27H31N7O5. The Bertz CT molecular complexity index is 1420. The molecule has 1 aromatic carbocycles. The molecule has 4 N–H and O–H groups in total. The monoisotopic (exact) mass is 533 g/mol. The summed E-state index contributed by atoms with van der Waals surface area (Å²) >= 11 is 0. The smallest absolute Gasteiger partial charge is 0.263 e. The Hall–Kier alpha value is -4.58. The SMILES string of the molecule is COCC(=O)N1CCN(c2ccc(NC(=O)c3c(Nc4cnc5c(c4C)NCCO5)cc[nH]c3=O)cc2)CC1. The van der Waals surface area contributed by atoms with Crippen LogP contribution in [0.2, 0.25) is 0 Å². The number of H-pyrrole nitrogens is 1. The highest BCUT2D eigenvalue weighted by Gasteiger charge is 2.22. The van der Waals surface area contributed by atoms with Gasteiger partial charge in [0.1, 0.15) is 24.5 Å². The van der Waals surface area contributed by atoms with Crippen LogP contribution in [0.4, 0.5) is 28.4 Å². The largest absolute Gasteiger partial charge is 0.474 e. The lowest BCUT2D eigenvalue weighted by Crippen LogP contribution is -2.49. The first-order chi connectivity index (χ1) is 18.9. The normalized spacial score (nSPS) is 14.6. The van der Waals surface area contributed by atoms with Crippen LogP contribution in [0.3, 0.4) is 0 Å². The number of pyridine rings is 2. The number of rotatable bonds is 7. The van der Waals surface area contributed by atoms with Crippen molar-refractivity contribution in [2.24, 2.45) is 0 Å². The summed E-state index contributed by atoms with van der Waals surface area (Å²) in [6.07, 6.45) is 3.11. The molecule has 204 valence electrons. The Kier molecular flexibility index (Phi) is 7.64. The van der Waals surface area contributed by atoms with Crippen molar-refractivity contribution in [3.05, 3.63) is 64.2 Å². The molecule has 1 saturated heterocycles. The zero-order valence-corrected chi connectivity index (χ0v) is 21.9. The van der Waals surface area contributed by atoms with Crippen molar-refractivity contribution in [2.75, 3.05) is 73.9 Å². The molecule has 1 fully saturated rings. The van der Waals surface area contributed by atoms with Crippen molar-refractivity contribution in [1.82, 2.24) is 14.9 Å². The van der Waals surface area contributed by atoms with Crippen molar-refractivity contribution in [2.45, 2.75) is 6.92 Å². The van der Waals surface area contributed by atoms with Gasteiger partial charge in [-0.3, -0.25) is 14.4 Å². The van der Waals surface area contributed by atoms with Gasteiger partial charge in [0.25, 0.3) is 11.5 Å². The number of ether oxygens (including phenoxy) is 2. The standard InChI is InChI=1S/C27H31N7O5/c1-17-21(15-30-27-24(17)28-9-14-39-27)32-20-7-8-29-25(36)23(20)26(37)31-18-3-5-19(6-4-18)33-10-12-34(13-11-33)22(35)16-38-2/h3-8,15,28H,9-14,16H2,1-2H3,(H,31,37)(H2,29,32,36). The van der Waals surface area contributed by atoms with E-state index in [1.54, 1.807) is 29.3 Å². The Labute approximate surface area is 225 Å². The van der Waals surface area contributed by atoms with E-state index >= 15 is 0 Å². The fourth-order valence-corrected chi connectivity index (χ4v) is 4.68. The van der Waals surface area contributed by atoms with Crippen LogP contribution in [0.15, 0.2) is 47.5 Å². The minimum Gasteiger partial charge on any atom is -0.474 e. The second-order valence-corrected chi connectivity index (χ2v) is 9.27. The van der Waals surface area contributed by atoms with Gasteiger partial charge in [0.15, 0.2) is 0 Å². The van der Waals surface area contributed by atoms with Crippen molar-refractivity contribution < 1.29 is 19.1 Å². The van der Waals surface area contributed by atoms with E-state index in [9.17, 15) is 14.4 Å². The van der Waals surface area contributed by atoms with Gasteiger partial charge in [0.05, 0.1) is 17.6 Å². The number of anilines is 5. The van der Waals surface area contributed by atoms with Crippen molar-refractivity contribution in [3.63, 3.8) is 0 Å². The molecule has 2 amide bonds. The number of nitrogens with zero attached hydrogens (tertiary/aromatic N) is 3. The molecule has 0 radical (unpaired) electrons. The van der Waals surface area contributed by atoms with Crippen LogP contribution in [-0.2, 0) is 9.53 Å². The zero-order chi connectivity index (χ0) is 27.4. The van der Waals surface area contributed by atoms with Crippen LogP contribution in [0.1, 0.15) is 15.9 Å². The Balaban J connectivity index is 1.27. The second kappa shape index (κ2) is 11.4. The molecule has 0 bridgehead atoms. The summed E-state index contributed by atoms with van der Waals surface area (Å²) in [5.41, 5.74) is 3.64. The Morgan fingerprint density at radius 1 is 1.10 bits per heavy atom. The van der Waals surface area contributed by atoms with Gasteiger partial charge in [-0.2, -0.15) is 0 Å². The maximum Gasteiger partial charge on any atom is 0.263 e. The van der Waals surface area contributed by atoms with Crippen LogP contribution < -0.4 is 31.1 Å². The van der Waals surface area contributed by atoms with Crippen LogP contribution in [0, 0.1) is 6.92 Å². The third kappa shape index (κ3) is 5.65. The van der Waals surface area contributed by atoms with E-state index in [2.05, 4.69) is 30.8 Å². The molecule has 4 heterocycles. The van der Waals surface area contributed by atoms with Crippen molar-refractivity contribution >= 4 is 40.3 Å². The first-order valence-corrected chi connectivity index (χ1v) is 12.7. The number of methoxy groups -OCH3 is 1. The quantitative estimate of drug-likeness (QED) is 0.360. The topological polar surface area (TPSA) is 141 Å². The number of aromatic nitrogens is 2. The van der Waals surface area contributed by atoms with E-state index < -0.39 is 11.5 Å². The molecule has 0 atom stereocenters. The molecule has 3 aromatic rings. The second-order valence-electron chi connectivity index (χ2n) is 9.27. The van der Waals surface area contributed by atoms with E-state index in [-0.39, 0.29) is 18.1 Å². The molecule has 12 heteroatoms. The zero-order valence-electron chi connectivity index (χ0n) is 21.9. The number of amides is 2. The van der Waals surface area contributed by atoms with Crippen molar-refractivity contribution in [3.8, 4) is 5.88 Å². The number of aromatic amines is 1. The van der Waals surface area contributed by atoms with E-state index in [0.717, 1.165) is 16.9 Å². The van der Waals surface area contributed by atoms with Crippen molar-refractivity contribution in [1.29, 1.82) is 0 Å². The number of piperazine rings is 1. The lowest BCUT2D eigenvalue weighted by atomic mass is 10.1. The summed E-state index contributed by atoms with van der Waals surface area (Å²) in [6, 6.07) is 9.05. The highest BCUT2D eigenvalue weighted by Crippen LogP contribution is 2.34. The minimum atomic E-state index is -0.539. The van der Waals surface area contributed by atoms with Crippen LogP contribution in [0.25, 0.3) is 0 Å². The van der Waals surface area contributed by atoms with Gasteiger partial charge in [0.2, 0.25) is 11.8 Å².